The molecule has 2 heterocycles. The van der Waals surface area contributed by atoms with Crippen LogP contribution in [-0.4, -0.2) is 37.6 Å². The number of aryl methyl sites for hydroxylation is 3. The molecule has 0 aliphatic rings. The number of ether oxygens (including phenoxy) is 1. The molecule has 0 fully saturated rings. The van der Waals surface area contributed by atoms with Crippen LogP contribution in [0.5, 0.6) is 5.75 Å². The number of nitrogens with zero attached hydrogens (tertiary/aromatic N) is 5. The minimum Gasteiger partial charge on any atom is -0.497 e. The Hall–Kier alpha value is -3.16. The summed E-state index contributed by atoms with van der Waals surface area (Å²) in [5.74, 6) is 1.43. The fourth-order valence-electron chi connectivity index (χ4n) is 2.85. The predicted molar refractivity (Wildman–Crippen MR) is 97.8 cm³/mol. The lowest BCUT2D eigenvalue weighted by Gasteiger charge is -2.10. The highest BCUT2D eigenvalue weighted by Crippen LogP contribution is 2.32. The van der Waals surface area contributed by atoms with Crippen molar-refractivity contribution in [3.8, 4) is 16.9 Å². The molecule has 0 atom stereocenters. The van der Waals surface area contributed by atoms with E-state index in [-0.39, 0.29) is 5.91 Å². The summed E-state index contributed by atoms with van der Waals surface area (Å²) in [6.45, 7) is 2.59. The first-order valence-electron chi connectivity index (χ1n) is 8.38. The summed E-state index contributed by atoms with van der Waals surface area (Å²) in [5.41, 5.74) is 2.75. The van der Waals surface area contributed by atoms with Crippen LogP contribution in [-0.2, 0) is 18.4 Å². The first-order valence-corrected chi connectivity index (χ1v) is 8.38. The highest BCUT2D eigenvalue weighted by Gasteiger charge is 2.17. The molecular formula is C18H22N6O2. The van der Waals surface area contributed by atoms with Crippen LogP contribution in [0.2, 0.25) is 0 Å². The number of amides is 1. The highest BCUT2D eigenvalue weighted by atomic mass is 16.5. The van der Waals surface area contributed by atoms with Crippen molar-refractivity contribution in [1.82, 2.24) is 24.5 Å². The van der Waals surface area contributed by atoms with Gasteiger partial charge in [-0.15, -0.1) is 0 Å². The molecule has 0 aliphatic heterocycles. The molecule has 2 aromatic heterocycles. The van der Waals surface area contributed by atoms with Gasteiger partial charge in [-0.2, -0.15) is 10.2 Å². The van der Waals surface area contributed by atoms with Crippen LogP contribution in [0.4, 0.5) is 5.82 Å². The summed E-state index contributed by atoms with van der Waals surface area (Å²) in [6, 6.07) is 7.71. The SMILES string of the molecule is COc1ccc(-c2c(C)nn(C)c2NC(=O)CCCn2cncn2)cc1. The Kier molecular flexibility index (Phi) is 5.31. The smallest absolute Gasteiger partial charge is 0.225 e. The van der Waals surface area contributed by atoms with Crippen LogP contribution in [0, 0.1) is 6.92 Å². The van der Waals surface area contributed by atoms with Crippen molar-refractivity contribution in [3.05, 3.63) is 42.6 Å². The van der Waals surface area contributed by atoms with Crippen LogP contribution in [0.15, 0.2) is 36.9 Å². The molecule has 0 saturated carbocycles. The van der Waals surface area contributed by atoms with Gasteiger partial charge in [0, 0.05) is 25.6 Å². The lowest BCUT2D eigenvalue weighted by atomic mass is 10.1. The maximum absolute atomic E-state index is 12.4. The van der Waals surface area contributed by atoms with Gasteiger partial charge in [0.05, 0.1) is 12.8 Å². The Morgan fingerprint density at radius 3 is 2.69 bits per heavy atom. The third-order valence-corrected chi connectivity index (χ3v) is 4.12. The normalized spacial score (nSPS) is 10.7. The molecule has 0 saturated heterocycles. The number of carbonyl (C=O) groups excluding carboxylic acids is 1. The van der Waals surface area contributed by atoms with Crippen molar-refractivity contribution in [2.45, 2.75) is 26.3 Å². The van der Waals surface area contributed by atoms with Gasteiger partial charge in [0.15, 0.2) is 0 Å². The van der Waals surface area contributed by atoms with Gasteiger partial charge in [0.2, 0.25) is 5.91 Å². The molecule has 1 aromatic carbocycles. The number of methoxy groups -OCH3 is 1. The largest absolute Gasteiger partial charge is 0.497 e. The zero-order valence-electron chi connectivity index (χ0n) is 15.1. The summed E-state index contributed by atoms with van der Waals surface area (Å²) < 4.78 is 8.62. The molecule has 8 heteroatoms. The second kappa shape index (κ2) is 7.81. The van der Waals surface area contributed by atoms with E-state index in [2.05, 4.69) is 20.5 Å². The van der Waals surface area contributed by atoms with E-state index in [1.54, 1.807) is 22.8 Å². The first-order chi connectivity index (χ1) is 12.6. The Bertz CT molecular complexity index is 868. The zero-order chi connectivity index (χ0) is 18.5. The van der Waals surface area contributed by atoms with Crippen LogP contribution < -0.4 is 10.1 Å². The zero-order valence-corrected chi connectivity index (χ0v) is 15.1. The molecule has 0 spiro atoms. The summed E-state index contributed by atoms with van der Waals surface area (Å²) in [7, 11) is 3.46. The number of hydrogen-bond donors (Lipinski definition) is 1. The van der Waals surface area contributed by atoms with Crippen molar-refractivity contribution in [2.75, 3.05) is 12.4 Å². The molecule has 0 aliphatic carbocycles. The Morgan fingerprint density at radius 1 is 1.27 bits per heavy atom. The molecular weight excluding hydrogens is 332 g/mol. The Labute approximate surface area is 151 Å². The summed E-state index contributed by atoms with van der Waals surface area (Å²) in [6.07, 6.45) is 4.21. The van der Waals surface area contributed by atoms with Gasteiger partial charge >= 0.3 is 0 Å². The fraction of sp³-hybridized carbons (Fsp3) is 0.333. The molecule has 0 unspecified atom stereocenters. The molecule has 0 bridgehead atoms. The van der Waals surface area contributed by atoms with Gasteiger partial charge in [-0.05, 0) is 31.0 Å². The topological polar surface area (TPSA) is 86.9 Å². The van der Waals surface area contributed by atoms with E-state index in [0.29, 0.717) is 25.2 Å². The first kappa shape index (κ1) is 17.7. The van der Waals surface area contributed by atoms with Crippen molar-refractivity contribution < 1.29 is 9.53 Å². The third kappa shape index (κ3) is 3.90. The maximum Gasteiger partial charge on any atom is 0.225 e. The quantitative estimate of drug-likeness (QED) is 0.704. The average molecular weight is 354 g/mol. The molecule has 1 N–H and O–H groups in total. The standard InChI is InChI=1S/C18H22N6O2/c1-13-17(14-6-8-15(26-3)9-7-14)18(23(2)22-13)21-16(25)5-4-10-24-12-19-11-20-24/h6-9,11-12H,4-5,10H2,1-3H3,(H,21,25). The second-order valence-corrected chi connectivity index (χ2v) is 5.97. The number of nitrogens with one attached hydrogen (secondary N) is 1. The summed E-state index contributed by atoms with van der Waals surface area (Å²) in [5, 5.41) is 11.5. The molecule has 3 aromatic rings. The molecule has 1 amide bonds. The van der Waals surface area contributed by atoms with Crippen LogP contribution in [0.3, 0.4) is 0 Å². The van der Waals surface area contributed by atoms with Crippen molar-refractivity contribution in [3.63, 3.8) is 0 Å². The van der Waals surface area contributed by atoms with Gasteiger partial charge in [0.25, 0.3) is 0 Å². The van der Waals surface area contributed by atoms with Gasteiger partial charge in [0.1, 0.15) is 24.2 Å². The minimum atomic E-state index is -0.0529. The van der Waals surface area contributed by atoms with Crippen molar-refractivity contribution >= 4 is 11.7 Å². The van der Waals surface area contributed by atoms with Crippen molar-refractivity contribution in [1.29, 1.82) is 0 Å². The molecule has 0 radical (unpaired) electrons. The number of hydrogen-bond acceptors (Lipinski definition) is 5. The van der Waals surface area contributed by atoms with Crippen molar-refractivity contribution in [2.24, 2.45) is 7.05 Å². The molecule has 8 nitrogen and oxygen atoms in total. The van der Waals surface area contributed by atoms with Gasteiger partial charge in [-0.1, -0.05) is 12.1 Å². The third-order valence-electron chi connectivity index (χ3n) is 4.12. The van der Waals surface area contributed by atoms with Crippen LogP contribution in [0.25, 0.3) is 11.1 Å². The lowest BCUT2D eigenvalue weighted by molar-refractivity contribution is -0.116. The number of rotatable bonds is 7. The predicted octanol–water partition coefficient (Wildman–Crippen LogP) is 2.41. The van der Waals surface area contributed by atoms with Crippen LogP contribution >= 0.6 is 0 Å². The highest BCUT2D eigenvalue weighted by molar-refractivity contribution is 5.94. The monoisotopic (exact) mass is 354 g/mol. The van der Waals surface area contributed by atoms with E-state index in [1.165, 1.54) is 6.33 Å². The summed E-state index contributed by atoms with van der Waals surface area (Å²) >= 11 is 0. The van der Waals surface area contributed by atoms with E-state index in [1.807, 2.05) is 38.2 Å². The van der Waals surface area contributed by atoms with Gasteiger partial charge in [-0.3, -0.25) is 14.2 Å². The molecule has 3 rings (SSSR count). The van der Waals surface area contributed by atoms with Gasteiger partial charge in [-0.25, -0.2) is 4.98 Å². The lowest BCUT2D eigenvalue weighted by Crippen LogP contribution is -2.15. The maximum atomic E-state index is 12.4. The average Bonchev–Trinajstić information content (AvgIpc) is 3.23. The Morgan fingerprint density at radius 2 is 2.04 bits per heavy atom. The van der Waals surface area contributed by atoms with E-state index in [9.17, 15) is 4.79 Å². The number of anilines is 1. The number of carbonyl (C=O) groups is 1. The van der Waals surface area contributed by atoms with E-state index in [4.69, 9.17) is 4.74 Å². The van der Waals surface area contributed by atoms with E-state index < -0.39 is 0 Å². The molecule has 136 valence electrons. The fourth-order valence-corrected chi connectivity index (χ4v) is 2.85. The molecule has 26 heavy (non-hydrogen) atoms. The number of aromatic nitrogens is 5. The minimum absolute atomic E-state index is 0.0529. The van der Waals surface area contributed by atoms with E-state index >= 15 is 0 Å². The summed E-state index contributed by atoms with van der Waals surface area (Å²) in [4.78, 5) is 16.3. The Balaban J connectivity index is 1.71. The van der Waals surface area contributed by atoms with E-state index in [0.717, 1.165) is 22.6 Å². The van der Waals surface area contributed by atoms with Gasteiger partial charge < -0.3 is 10.1 Å². The second-order valence-electron chi connectivity index (χ2n) is 5.97. The number of benzene rings is 1. The van der Waals surface area contributed by atoms with Crippen LogP contribution in [0.1, 0.15) is 18.5 Å².